The number of aromatic nitrogens is 2. The first kappa shape index (κ1) is 19.2. The molecular formula is C26H22FN3O. The van der Waals surface area contributed by atoms with Gasteiger partial charge in [0.1, 0.15) is 11.6 Å². The van der Waals surface area contributed by atoms with Crippen molar-refractivity contribution in [1.29, 1.82) is 0 Å². The summed E-state index contributed by atoms with van der Waals surface area (Å²) in [6, 6.07) is 23.0. The normalized spacial score (nSPS) is 14.5. The molecule has 0 amide bonds. The third-order valence-corrected chi connectivity index (χ3v) is 5.79. The molecule has 1 atom stereocenters. The molecule has 1 aliphatic carbocycles. The fourth-order valence-electron chi connectivity index (χ4n) is 4.28. The standard InChI is InChI=1S/C26H22FN3O/c1-31-24-13-7-2-8-17(24)15-28-26-29-16-18-14-22(20-10-5-6-12-23(20)27)19-9-3-4-11-21(19)25(18)30-26/h2-13,16,22H,14-15H2,1H3,(H,28,29,30). The number of nitrogens with one attached hydrogen (secondary N) is 1. The Hall–Kier alpha value is -3.73. The fraction of sp³-hybridized carbons (Fsp3) is 0.154. The average Bonchev–Trinajstić information content (AvgIpc) is 2.83. The summed E-state index contributed by atoms with van der Waals surface area (Å²) in [6.07, 6.45) is 2.52. The van der Waals surface area contributed by atoms with E-state index < -0.39 is 0 Å². The van der Waals surface area contributed by atoms with Crippen molar-refractivity contribution >= 4 is 5.95 Å². The predicted molar refractivity (Wildman–Crippen MR) is 120 cm³/mol. The van der Waals surface area contributed by atoms with E-state index in [0.29, 0.717) is 24.5 Å². The number of hydrogen-bond acceptors (Lipinski definition) is 4. The van der Waals surface area contributed by atoms with Gasteiger partial charge in [-0.15, -0.1) is 0 Å². The van der Waals surface area contributed by atoms with E-state index in [2.05, 4.69) is 22.4 Å². The SMILES string of the molecule is COc1ccccc1CNc1ncc2c(n1)-c1ccccc1C(c1ccccc1F)C2. The Kier molecular flexibility index (Phi) is 5.08. The summed E-state index contributed by atoms with van der Waals surface area (Å²) in [5, 5.41) is 3.31. The highest BCUT2D eigenvalue weighted by atomic mass is 19.1. The molecule has 0 aliphatic heterocycles. The van der Waals surface area contributed by atoms with Crippen LogP contribution in [0.25, 0.3) is 11.3 Å². The smallest absolute Gasteiger partial charge is 0.223 e. The second-order valence-corrected chi connectivity index (χ2v) is 7.60. The topological polar surface area (TPSA) is 47.0 Å². The van der Waals surface area contributed by atoms with E-state index in [1.54, 1.807) is 13.2 Å². The second kappa shape index (κ2) is 8.19. The van der Waals surface area contributed by atoms with E-state index in [0.717, 1.165) is 33.7 Å². The number of anilines is 1. The number of methoxy groups -OCH3 is 1. The quantitative estimate of drug-likeness (QED) is 0.465. The zero-order valence-electron chi connectivity index (χ0n) is 17.2. The van der Waals surface area contributed by atoms with Crippen molar-refractivity contribution in [3.63, 3.8) is 0 Å². The van der Waals surface area contributed by atoms with Gasteiger partial charge >= 0.3 is 0 Å². The van der Waals surface area contributed by atoms with Crippen LogP contribution in [-0.4, -0.2) is 17.1 Å². The maximum absolute atomic E-state index is 14.6. The first-order valence-corrected chi connectivity index (χ1v) is 10.3. The Morgan fingerprint density at radius 1 is 0.968 bits per heavy atom. The maximum atomic E-state index is 14.6. The van der Waals surface area contributed by atoms with Gasteiger partial charge < -0.3 is 10.1 Å². The van der Waals surface area contributed by atoms with Gasteiger partial charge in [0, 0.05) is 29.8 Å². The Balaban J connectivity index is 1.48. The van der Waals surface area contributed by atoms with Crippen LogP contribution >= 0.6 is 0 Å². The summed E-state index contributed by atoms with van der Waals surface area (Å²) in [6.45, 7) is 0.558. The number of nitrogens with zero attached hydrogens (tertiary/aromatic N) is 2. The third kappa shape index (κ3) is 3.63. The molecule has 0 fully saturated rings. The molecule has 0 saturated carbocycles. The molecule has 3 aromatic carbocycles. The van der Waals surface area contributed by atoms with E-state index in [1.807, 2.05) is 54.7 Å². The lowest BCUT2D eigenvalue weighted by atomic mass is 9.78. The molecule has 1 unspecified atom stereocenters. The zero-order valence-corrected chi connectivity index (χ0v) is 17.2. The average molecular weight is 411 g/mol. The summed E-state index contributed by atoms with van der Waals surface area (Å²) < 4.78 is 20.0. The lowest BCUT2D eigenvalue weighted by molar-refractivity contribution is 0.410. The Morgan fingerprint density at radius 3 is 2.55 bits per heavy atom. The second-order valence-electron chi connectivity index (χ2n) is 7.60. The molecule has 5 heteroatoms. The van der Waals surface area contributed by atoms with Crippen LogP contribution in [0.1, 0.15) is 28.2 Å². The van der Waals surface area contributed by atoms with E-state index in [-0.39, 0.29) is 11.7 Å². The Labute approximate surface area is 180 Å². The summed E-state index contributed by atoms with van der Waals surface area (Å²) in [5.74, 6) is 1.15. The first-order valence-electron chi connectivity index (χ1n) is 10.3. The van der Waals surface area contributed by atoms with Crippen molar-refractivity contribution in [3.8, 4) is 17.0 Å². The van der Waals surface area contributed by atoms with Crippen LogP contribution in [0.2, 0.25) is 0 Å². The van der Waals surface area contributed by atoms with Crippen molar-refractivity contribution in [1.82, 2.24) is 9.97 Å². The number of fused-ring (bicyclic) bond motifs is 3. The molecule has 0 radical (unpaired) electrons. The molecular weight excluding hydrogens is 389 g/mol. The van der Waals surface area contributed by atoms with Gasteiger partial charge in [-0.3, -0.25) is 0 Å². The lowest BCUT2D eigenvalue weighted by Gasteiger charge is -2.27. The molecule has 31 heavy (non-hydrogen) atoms. The molecule has 0 spiro atoms. The number of halogens is 1. The van der Waals surface area contributed by atoms with Gasteiger partial charge in [-0.05, 0) is 35.2 Å². The number of benzene rings is 3. The van der Waals surface area contributed by atoms with Gasteiger partial charge in [0.15, 0.2) is 0 Å². The highest BCUT2D eigenvalue weighted by molar-refractivity contribution is 5.72. The van der Waals surface area contributed by atoms with Crippen LogP contribution in [0.5, 0.6) is 5.75 Å². The van der Waals surface area contributed by atoms with Gasteiger partial charge in [-0.1, -0.05) is 60.7 Å². The molecule has 0 saturated heterocycles. The molecule has 4 nitrogen and oxygen atoms in total. The number of para-hydroxylation sites is 1. The molecule has 1 heterocycles. The van der Waals surface area contributed by atoms with Crippen LogP contribution in [0, 0.1) is 5.82 Å². The summed E-state index contributed by atoms with van der Waals surface area (Å²) in [4.78, 5) is 9.35. The monoisotopic (exact) mass is 411 g/mol. The first-order chi connectivity index (χ1) is 15.2. The summed E-state index contributed by atoms with van der Waals surface area (Å²) >= 11 is 0. The zero-order chi connectivity index (χ0) is 21.2. The van der Waals surface area contributed by atoms with E-state index in [9.17, 15) is 4.39 Å². The number of rotatable bonds is 5. The highest BCUT2D eigenvalue weighted by Gasteiger charge is 2.28. The Morgan fingerprint density at radius 2 is 1.71 bits per heavy atom. The van der Waals surface area contributed by atoms with Gasteiger partial charge in [0.05, 0.1) is 12.8 Å². The largest absolute Gasteiger partial charge is 0.496 e. The van der Waals surface area contributed by atoms with Crippen molar-refractivity contribution in [2.75, 3.05) is 12.4 Å². The molecule has 1 N–H and O–H groups in total. The minimum atomic E-state index is -0.179. The maximum Gasteiger partial charge on any atom is 0.223 e. The molecule has 0 bridgehead atoms. The van der Waals surface area contributed by atoms with Crippen LogP contribution in [0.4, 0.5) is 10.3 Å². The molecule has 1 aliphatic rings. The lowest BCUT2D eigenvalue weighted by Crippen LogP contribution is -2.16. The van der Waals surface area contributed by atoms with Crippen molar-refractivity contribution in [2.24, 2.45) is 0 Å². The van der Waals surface area contributed by atoms with Crippen LogP contribution in [-0.2, 0) is 13.0 Å². The van der Waals surface area contributed by atoms with Crippen molar-refractivity contribution in [2.45, 2.75) is 18.9 Å². The number of ether oxygens (including phenoxy) is 1. The van der Waals surface area contributed by atoms with Crippen LogP contribution < -0.4 is 10.1 Å². The van der Waals surface area contributed by atoms with Crippen molar-refractivity contribution < 1.29 is 9.13 Å². The van der Waals surface area contributed by atoms with E-state index in [4.69, 9.17) is 9.72 Å². The minimum absolute atomic E-state index is 0.0547. The van der Waals surface area contributed by atoms with Crippen LogP contribution in [0.15, 0.2) is 79.0 Å². The van der Waals surface area contributed by atoms with Gasteiger partial charge in [0.25, 0.3) is 0 Å². The minimum Gasteiger partial charge on any atom is -0.496 e. The molecule has 4 aromatic rings. The number of hydrogen-bond donors (Lipinski definition) is 1. The Bertz CT molecular complexity index is 1240. The summed E-state index contributed by atoms with van der Waals surface area (Å²) in [7, 11) is 1.66. The van der Waals surface area contributed by atoms with Gasteiger partial charge in [-0.2, -0.15) is 0 Å². The van der Waals surface area contributed by atoms with E-state index >= 15 is 0 Å². The van der Waals surface area contributed by atoms with Crippen molar-refractivity contribution in [3.05, 3.63) is 107 Å². The van der Waals surface area contributed by atoms with E-state index in [1.165, 1.54) is 6.07 Å². The third-order valence-electron chi connectivity index (χ3n) is 5.79. The fourth-order valence-corrected chi connectivity index (χ4v) is 4.28. The van der Waals surface area contributed by atoms with Gasteiger partial charge in [-0.25, -0.2) is 14.4 Å². The summed E-state index contributed by atoms with van der Waals surface area (Å²) in [5.41, 5.74) is 5.79. The van der Waals surface area contributed by atoms with Crippen LogP contribution in [0.3, 0.4) is 0 Å². The predicted octanol–water partition coefficient (Wildman–Crippen LogP) is 5.59. The highest BCUT2D eigenvalue weighted by Crippen LogP contribution is 2.42. The van der Waals surface area contributed by atoms with Gasteiger partial charge in [0.2, 0.25) is 5.95 Å². The molecule has 5 rings (SSSR count). The molecule has 154 valence electrons. The molecule has 1 aromatic heterocycles.